The van der Waals surface area contributed by atoms with Gasteiger partial charge < -0.3 is 16.2 Å². The summed E-state index contributed by atoms with van der Waals surface area (Å²) in [6, 6.07) is -1.05. The number of amides is 1. The lowest BCUT2D eigenvalue weighted by molar-refractivity contribution is -0.137. The van der Waals surface area contributed by atoms with Crippen molar-refractivity contribution in [2.45, 2.75) is 25.3 Å². The summed E-state index contributed by atoms with van der Waals surface area (Å²) in [6.07, 6.45) is -2.96. The fraction of sp³-hybridized carbons (Fsp3) is 0.714. The Bertz CT molecular complexity index is 211. The van der Waals surface area contributed by atoms with Crippen molar-refractivity contribution in [2.75, 3.05) is 6.54 Å². The lowest BCUT2D eigenvalue weighted by atomic mass is 10.1. The maximum atomic E-state index is 11.6. The van der Waals surface area contributed by atoms with E-state index in [0.717, 1.165) is 0 Å². The van der Waals surface area contributed by atoms with Gasteiger partial charge in [-0.3, -0.25) is 9.59 Å². The summed E-state index contributed by atoms with van der Waals surface area (Å²) >= 11 is 0. The Hall–Kier alpha value is -1.24. The van der Waals surface area contributed by atoms with Gasteiger partial charge in [-0.05, 0) is 6.42 Å². The molecule has 0 saturated heterocycles. The van der Waals surface area contributed by atoms with Crippen molar-refractivity contribution in [1.29, 1.82) is 0 Å². The number of aliphatic carboxylic acids is 1. The third-order valence-electron chi connectivity index (χ3n) is 1.44. The van der Waals surface area contributed by atoms with E-state index in [1.165, 1.54) is 0 Å². The van der Waals surface area contributed by atoms with Crippen LogP contribution in [0.1, 0.15) is 12.8 Å². The van der Waals surface area contributed by atoms with Crippen molar-refractivity contribution in [3.05, 3.63) is 0 Å². The first kappa shape index (κ1) is 12.8. The number of nitrogens with two attached hydrogens (primary N) is 1. The first-order chi connectivity index (χ1) is 6.43. The molecule has 0 aliphatic carbocycles. The van der Waals surface area contributed by atoms with Crippen LogP contribution in [-0.4, -0.2) is 36.0 Å². The molecule has 5 nitrogen and oxygen atoms in total. The summed E-state index contributed by atoms with van der Waals surface area (Å²) in [5, 5.41) is 10.2. The number of carboxylic acids is 1. The highest BCUT2D eigenvalue weighted by atomic mass is 19.3. The normalized spacial score (nSPS) is 12.6. The number of halogens is 2. The predicted octanol–water partition coefficient (Wildman–Crippen LogP) is -0.440. The number of rotatable bonds is 6. The van der Waals surface area contributed by atoms with Crippen LogP contribution < -0.4 is 11.1 Å². The van der Waals surface area contributed by atoms with Crippen molar-refractivity contribution >= 4 is 11.9 Å². The zero-order chi connectivity index (χ0) is 11.1. The maximum absolute atomic E-state index is 11.6. The van der Waals surface area contributed by atoms with Gasteiger partial charge in [0.25, 0.3) is 6.43 Å². The summed E-state index contributed by atoms with van der Waals surface area (Å²) in [4.78, 5) is 21.0. The van der Waals surface area contributed by atoms with E-state index in [9.17, 15) is 18.4 Å². The monoisotopic (exact) mass is 210 g/mol. The van der Waals surface area contributed by atoms with Crippen molar-refractivity contribution < 1.29 is 23.5 Å². The van der Waals surface area contributed by atoms with Crippen LogP contribution in [0.4, 0.5) is 8.78 Å². The van der Waals surface area contributed by atoms with E-state index in [2.05, 4.69) is 0 Å². The van der Waals surface area contributed by atoms with Gasteiger partial charge in [-0.25, -0.2) is 8.78 Å². The second kappa shape index (κ2) is 6.25. The molecule has 0 spiro atoms. The van der Waals surface area contributed by atoms with Crippen LogP contribution in [0.5, 0.6) is 0 Å². The molecule has 4 N–H and O–H groups in total. The van der Waals surface area contributed by atoms with E-state index in [4.69, 9.17) is 10.8 Å². The number of carboxylic acid groups (broad SMARTS) is 1. The van der Waals surface area contributed by atoms with Crippen molar-refractivity contribution in [3.8, 4) is 0 Å². The van der Waals surface area contributed by atoms with Gasteiger partial charge in [0.15, 0.2) is 0 Å². The Balaban J connectivity index is 3.70. The van der Waals surface area contributed by atoms with Crippen molar-refractivity contribution in [2.24, 2.45) is 5.73 Å². The first-order valence-electron chi connectivity index (χ1n) is 3.96. The minimum atomic E-state index is -2.63. The highest BCUT2D eigenvalue weighted by Gasteiger charge is 2.15. The quantitative estimate of drug-likeness (QED) is 0.554. The molecular weight excluding hydrogens is 198 g/mol. The number of alkyl halides is 2. The zero-order valence-electron chi connectivity index (χ0n) is 7.37. The third kappa shape index (κ3) is 6.30. The average molecular weight is 210 g/mol. The SMILES string of the molecule is NC(CCC(=O)O)C(=O)NCC(F)F. The van der Waals surface area contributed by atoms with Crippen LogP contribution in [0.15, 0.2) is 0 Å². The number of hydrogen-bond acceptors (Lipinski definition) is 3. The molecule has 1 amide bonds. The second-order valence-corrected chi connectivity index (χ2v) is 2.68. The number of nitrogens with one attached hydrogen (secondary N) is 1. The standard InChI is InChI=1S/C7H12F2N2O3/c8-5(9)3-11-7(14)4(10)1-2-6(12)13/h4-5H,1-3,10H2,(H,11,14)(H,12,13). The largest absolute Gasteiger partial charge is 0.481 e. The van der Waals surface area contributed by atoms with Gasteiger partial charge in [0.2, 0.25) is 5.91 Å². The number of hydrogen-bond donors (Lipinski definition) is 3. The summed E-state index contributed by atoms with van der Waals surface area (Å²) in [5.74, 6) is -1.84. The maximum Gasteiger partial charge on any atom is 0.303 e. The fourth-order valence-electron chi connectivity index (χ4n) is 0.719. The molecule has 0 aromatic heterocycles. The molecule has 0 rings (SSSR count). The second-order valence-electron chi connectivity index (χ2n) is 2.68. The third-order valence-corrected chi connectivity index (χ3v) is 1.44. The van der Waals surface area contributed by atoms with Gasteiger partial charge in [0, 0.05) is 6.42 Å². The van der Waals surface area contributed by atoms with Crippen LogP contribution in [-0.2, 0) is 9.59 Å². The molecule has 0 aromatic rings. The van der Waals surface area contributed by atoms with Gasteiger partial charge in [-0.1, -0.05) is 0 Å². The molecule has 82 valence electrons. The minimum absolute atomic E-state index is 0.0651. The van der Waals surface area contributed by atoms with Crippen LogP contribution in [0.3, 0.4) is 0 Å². The minimum Gasteiger partial charge on any atom is -0.481 e. The molecule has 7 heteroatoms. The molecule has 0 radical (unpaired) electrons. The Morgan fingerprint density at radius 3 is 2.43 bits per heavy atom. The van der Waals surface area contributed by atoms with Crippen LogP contribution >= 0.6 is 0 Å². The van der Waals surface area contributed by atoms with Gasteiger partial charge in [0.1, 0.15) is 0 Å². The van der Waals surface area contributed by atoms with E-state index >= 15 is 0 Å². The Morgan fingerprint density at radius 1 is 1.43 bits per heavy atom. The summed E-state index contributed by atoms with van der Waals surface area (Å²) in [6.45, 7) is -0.764. The predicted molar refractivity (Wildman–Crippen MR) is 43.9 cm³/mol. The lowest BCUT2D eigenvalue weighted by Gasteiger charge is -2.10. The number of carbonyl (C=O) groups is 2. The van der Waals surface area contributed by atoms with E-state index in [0.29, 0.717) is 0 Å². The van der Waals surface area contributed by atoms with Gasteiger partial charge >= 0.3 is 5.97 Å². The van der Waals surface area contributed by atoms with Crippen molar-refractivity contribution in [3.63, 3.8) is 0 Å². The van der Waals surface area contributed by atoms with Crippen LogP contribution in [0, 0.1) is 0 Å². The van der Waals surface area contributed by atoms with Gasteiger partial charge in [-0.15, -0.1) is 0 Å². The van der Waals surface area contributed by atoms with Crippen molar-refractivity contribution in [1.82, 2.24) is 5.32 Å². The smallest absolute Gasteiger partial charge is 0.303 e. The Labute approximate surface area is 79.3 Å². The van der Waals surface area contributed by atoms with Gasteiger partial charge in [0.05, 0.1) is 12.6 Å². The Kier molecular flexibility index (Phi) is 5.70. The molecule has 0 aliphatic rings. The van der Waals surface area contributed by atoms with Crippen LogP contribution in [0.2, 0.25) is 0 Å². The molecule has 1 unspecified atom stereocenters. The first-order valence-corrected chi connectivity index (χ1v) is 3.96. The topological polar surface area (TPSA) is 92.4 Å². The average Bonchev–Trinajstić information content (AvgIpc) is 2.09. The van der Waals surface area contributed by atoms with E-state index in [-0.39, 0.29) is 12.8 Å². The molecule has 14 heavy (non-hydrogen) atoms. The fourth-order valence-corrected chi connectivity index (χ4v) is 0.719. The van der Waals surface area contributed by atoms with E-state index in [1.54, 1.807) is 0 Å². The molecule has 0 fully saturated rings. The number of carbonyl (C=O) groups excluding carboxylic acids is 1. The Morgan fingerprint density at radius 2 is 2.00 bits per heavy atom. The zero-order valence-corrected chi connectivity index (χ0v) is 7.37. The molecular formula is C7H12F2N2O3. The summed E-state index contributed by atoms with van der Waals surface area (Å²) in [7, 11) is 0. The molecule has 0 saturated carbocycles. The molecule has 0 bridgehead atoms. The van der Waals surface area contributed by atoms with E-state index in [1.807, 2.05) is 5.32 Å². The highest BCUT2D eigenvalue weighted by molar-refractivity contribution is 5.82. The van der Waals surface area contributed by atoms with E-state index < -0.39 is 30.9 Å². The highest BCUT2D eigenvalue weighted by Crippen LogP contribution is 1.95. The summed E-state index contributed by atoms with van der Waals surface area (Å²) < 4.78 is 23.2. The summed E-state index contributed by atoms with van der Waals surface area (Å²) in [5.41, 5.74) is 5.23. The van der Waals surface area contributed by atoms with Crippen LogP contribution in [0.25, 0.3) is 0 Å². The van der Waals surface area contributed by atoms with Gasteiger partial charge in [-0.2, -0.15) is 0 Å². The molecule has 1 atom stereocenters. The molecule has 0 aromatic carbocycles. The lowest BCUT2D eigenvalue weighted by Crippen LogP contribution is -2.42. The molecule has 0 heterocycles. The molecule has 0 aliphatic heterocycles.